The Hall–Kier alpha value is -1.21. The summed E-state index contributed by atoms with van der Waals surface area (Å²) in [5, 5.41) is 8.87. The van der Waals surface area contributed by atoms with E-state index >= 15 is 0 Å². The first-order valence-electron chi connectivity index (χ1n) is 4.45. The molecular formula is C11H12BrNO2. The van der Waals surface area contributed by atoms with Gasteiger partial charge >= 0.3 is 0 Å². The van der Waals surface area contributed by atoms with Gasteiger partial charge in [-0.25, -0.2) is 0 Å². The summed E-state index contributed by atoms with van der Waals surface area (Å²) in [7, 11) is 3.17. The molecule has 0 fully saturated rings. The molecule has 0 amide bonds. The third-order valence-electron chi connectivity index (χ3n) is 2.18. The molecule has 3 nitrogen and oxygen atoms in total. The van der Waals surface area contributed by atoms with Gasteiger partial charge < -0.3 is 9.47 Å². The highest BCUT2D eigenvalue weighted by Gasteiger charge is 2.16. The van der Waals surface area contributed by atoms with E-state index in [4.69, 9.17) is 14.7 Å². The summed E-state index contributed by atoms with van der Waals surface area (Å²) in [4.78, 5) is 0. The zero-order valence-corrected chi connectivity index (χ0v) is 10.5. The average Bonchev–Trinajstić information content (AvgIpc) is 2.27. The number of ether oxygens (including phenoxy) is 2. The molecule has 0 saturated carbocycles. The van der Waals surface area contributed by atoms with Gasteiger partial charge in [0.2, 0.25) is 0 Å². The molecule has 80 valence electrons. The summed E-state index contributed by atoms with van der Waals surface area (Å²) in [6.07, 6.45) is 0. The van der Waals surface area contributed by atoms with E-state index in [1.807, 2.05) is 19.1 Å². The first-order chi connectivity index (χ1) is 7.15. The van der Waals surface area contributed by atoms with Gasteiger partial charge in [-0.1, -0.05) is 6.07 Å². The van der Waals surface area contributed by atoms with Crippen molar-refractivity contribution < 1.29 is 9.47 Å². The molecule has 0 N–H and O–H groups in total. The average molecular weight is 270 g/mol. The number of benzene rings is 1. The minimum absolute atomic E-state index is 0.206. The molecular weight excluding hydrogens is 258 g/mol. The lowest BCUT2D eigenvalue weighted by atomic mass is 10.0. The van der Waals surface area contributed by atoms with Gasteiger partial charge in [-0.3, -0.25) is 0 Å². The van der Waals surface area contributed by atoms with E-state index < -0.39 is 0 Å². The molecule has 4 heteroatoms. The van der Waals surface area contributed by atoms with Crippen molar-refractivity contribution in [1.29, 1.82) is 5.26 Å². The van der Waals surface area contributed by atoms with Crippen LogP contribution < -0.4 is 9.47 Å². The molecule has 15 heavy (non-hydrogen) atoms. The maximum atomic E-state index is 8.87. The molecule has 1 atom stereocenters. The summed E-state index contributed by atoms with van der Waals surface area (Å²) in [6.45, 7) is 1.83. The minimum atomic E-state index is -0.206. The maximum absolute atomic E-state index is 8.87. The molecule has 0 aliphatic rings. The first kappa shape index (κ1) is 11.9. The van der Waals surface area contributed by atoms with Crippen molar-refractivity contribution in [2.24, 2.45) is 0 Å². The van der Waals surface area contributed by atoms with Gasteiger partial charge in [0.05, 0.1) is 26.2 Å². The molecule has 0 radical (unpaired) electrons. The predicted octanol–water partition coefficient (Wildman–Crippen LogP) is 3.09. The number of halogens is 1. The topological polar surface area (TPSA) is 42.2 Å². The van der Waals surface area contributed by atoms with Gasteiger partial charge in [0.15, 0.2) is 0 Å². The van der Waals surface area contributed by atoms with Crippen molar-refractivity contribution in [2.75, 3.05) is 14.2 Å². The number of hydrogen-bond acceptors (Lipinski definition) is 3. The zero-order chi connectivity index (χ0) is 11.4. The summed E-state index contributed by atoms with van der Waals surface area (Å²) in [5.74, 6) is 1.14. The lowest BCUT2D eigenvalue weighted by Gasteiger charge is -2.14. The van der Waals surface area contributed by atoms with Gasteiger partial charge in [0.25, 0.3) is 0 Å². The van der Waals surface area contributed by atoms with Crippen LogP contribution in [0, 0.1) is 11.3 Å². The molecule has 0 saturated heterocycles. The van der Waals surface area contributed by atoms with Crippen LogP contribution in [0.15, 0.2) is 16.6 Å². The number of nitrogens with zero attached hydrogens (tertiary/aromatic N) is 1. The fraction of sp³-hybridized carbons (Fsp3) is 0.364. The summed E-state index contributed by atoms with van der Waals surface area (Å²) in [5.41, 5.74) is 0.854. The van der Waals surface area contributed by atoms with Crippen molar-refractivity contribution in [2.45, 2.75) is 12.8 Å². The second-order valence-corrected chi connectivity index (χ2v) is 3.85. The van der Waals surface area contributed by atoms with Crippen LogP contribution in [0.4, 0.5) is 0 Å². The molecule has 1 rings (SSSR count). The summed E-state index contributed by atoms with van der Waals surface area (Å²) in [6, 6.07) is 5.84. The van der Waals surface area contributed by atoms with Crippen LogP contribution >= 0.6 is 15.9 Å². The van der Waals surface area contributed by atoms with Crippen LogP contribution in [0.3, 0.4) is 0 Å². The first-order valence-corrected chi connectivity index (χ1v) is 5.25. The third kappa shape index (κ3) is 2.24. The van der Waals surface area contributed by atoms with Gasteiger partial charge in [-0.2, -0.15) is 5.26 Å². The lowest BCUT2D eigenvalue weighted by molar-refractivity contribution is 0.385. The van der Waals surface area contributed by atoms with Crippen LogP contribution in [-0.4, -0.2) is 14.2 Å². The summed E-state index contributed by atoms with van der Waals surface area (Å²) < 4.78 is 11.2. The maximum Gasteiger partial charge on any atom is 0.141 e. The number of nitriles is 1. The SMILES string of the molecule is COc1ccc(C(C)C#N)c(OC)c1Br. The molecule has 0 heterocycles. The monoisotopic (exact) mass is 269 g/mol. The van der Waals surface area contributed by atoms with E-state index in [9.17, 15) is 0 Å². The Morgan fingerprint density at radius 1 is 1.33 bits per heavy atom. The van der Waals surface area contributed by atoms with Gasteiger partial charge in [0.1, 0.15) is 16.0 Å². The van der Waals surface area contributed by atoms with Crippen LogP contribution in [0.25, 0.3) is 0 Å². The van der Waals surface area contributed by atoms with E-state index in [0.717, 1.165) is 10.0 Å². The lowest BCUT2D eigenvalue weighted by Crippen LogP contribution is -1.98. The molecule has 0 aromatic heterocycles. The fourth-order valence-corrected chi connectivity index (χ4v) is 2.01. The molecule has 0 aliphatic heterocycles. The largest absolute Gasteiger partial charge is 0.495 e. The standard InChI is InChI=1S/C11H12BrNO2/c1-7(6-13)8-4-5-9(14-2)10(12)11(8)15-3/h4-5,7H,1-3H3. The normalized spacial score (nSPS) is 11.7. The third-order valence-corrected chi connectivity index (χ3v) is 2.93. The van der Waals surface area contributed by atoms with Crippen molar-refractivity contribution in [1.82, 2.24) is 0 Å². The van der Waals surface area contributed by atoms with Crippen molar-refractivity contribution in [3.63, 3.8) is 0 Å². The van der Waals surface area contributed by atoms with E-state index in [0.29, 0.717) is 11.5 Å². The Labute approximate surface area is 97.7 Å². The Bertz CT molecular complexity index is 398. The van der Waals surface area contributed by atoms with Crippen LogP contribution in [0.2, 0.25) is 0 Å². The highest BCUT2D eigenvalue weighted by Crippen LogP contribution is 2.39. The highest BCUT2D eigenvalue weighted by molar-refractivity contribution is 9.10. The van der Waals surface area contributed by atoms with Crippen LogP contribution in [0.1, 0.15) is 18.4 Å². The van der Waals surface area contributed by atoms with Crippen LogP contribution in [-0.2, 0) is 0 Å². The van der Waals surface area contributed by atoms with Gasteiger partial charge in [-0.15, -0.1) is 0 Å². The van der Waals surface area contributed by atoms with E-state index in [2.05, 4.69) is 22.0 Å². The quantitative estimate of drug-likeness (QED) is 0.847. The predicted molar refractivity (Wildman–Crippen MR) is 61.3 cm³/mol. The van der Waals surface area contributed by atoms with Gasteiger partial charge in [0, 0.05) is 5.56 Å². The minimum Gasteiger partial charge on any atom is -0.495 e. The zero-order valence-electron chi connectivity index (χ0n) is 8.87. The second-order valence-electron chi connectivity index (χ2n) is 3.06. The number of hydrogen-bond donors (Lipinski definition) is 0. The molecule has 0 spiro atoms. The molecule has 1 unspecified atom stereocenters. The molecule has 1 aromatic carbocycles. The highest BCUT2D eigenvalue weighted by atomic mass is 79.9. The molecule has 0 aliphatic carbocycles. The Morgan fingerprint density at radius 2 is 2.00 bits per heavy atom. The number of rotatable bonds is 3. The van der Waals surface area contributed by atoms with Crippen LogP contribution in [0.5, 0.6) is 11.5 Å². The Morgan fingerprint density at radius 3 is 2.47 bits per heavy atom. The van der Waals surface area contributed by atoms with E-state index in [-0.39, 0.29) is 5.92 Å². The van der Waals surface area contributed by atoms with E-state index in [1.54, 1.807) is 14.2 Å². The smallest absolute Gasteiger partial charge is 0.141 e. The Kier molecular flexibility index (Phi) is 3.98. The van der Waals surface area contributed by atoms with E-state index in [1.165, 1.54) is 0 Å². The van der Waals surface area contributed by atoms with Crippen molar-refractivity contribution in [3.05, 3.63) is 22.2 Å². The second kappa shape index (κ2) is 5.04. The van der Waals surface area contributed by atoms with Crippen molar-refractivity contribution in [3.8, 4) is 17.6 Å². The van der Waals surface area contributed by atoms with Gasteiger partial charge in [-0.05, 0) is 28.9 Å². The Balaban J connectivity index is 3.32. The molecule has 0 bridgehead atoms. The summed E-state index contributed by atoms with van der Waals surface area (Å²) >= 11 is 3.39. The van der Waals surface area contributed by atoms with Crippen molar-refractivity contribution >= 4 is 15.9 Å². The fourth-order valence-electron chi connectivity index (χ4n) is 1.33. The number of methoxy groups -OCH3 is 2. The molecule has 1 aromatic rings.